The quantitative estimate of drug-likeness (QED) is 0.796. The van der Waals surface area contributed by atoms with E-state index >= 15 is 0 Å². The Morgan fingerprint density at radius 3 is 3.00 bits per heavy atom. The fourth-order valence-electron chi connectivity index (χ4n) is 1.81. The molecule has 0 spiro atoms. The molecule has 3 rings (SSSR count). The third-order valence-corrected chi connectivity index (χ3v) is 3.80. The molecule has 0 bridgehead atoms. The second-order valence-electron chi connectivity index (χ2n) is 4.27. The van der Waals surface area contributed by atoms with Crippen LogP contribution in [0.1, 0.15) is 30.9 Å². The van der Waals surface area contributed by atoms with Crippen LogP contribution in [-0.4, -0.2) is 21.2 Å². The molecule has 1 aliphatic rings. The monoisotopic (exact) mass is 263 g/mol. The van der Waals surface area contributed by atoms with Gasteiger partial charge in [0.15, 0.2) is 5.13 Å². The molecule has 3 N–H and O–H groups in total. The Kier molecular flexibility index (Phi) is 2.97. The van der Waals surface area contributed by atoms with Crippen LogP contribution in [0.15, 0.2) is 17.8 Å². The normalized spacial score (nSPS) is 15.1. The van der Waals surface area contributed by atoms with Crippen LogP contribution in [0.2, 0.25) is 0 Å². The van der Waals surface area contributed by atoms with Gasteiger partial charge in [-0.05, 0) is 12.8 Å². The lowest BCUT2D eigenvalue weighted by Crippen LogP contribution is -2.19. The average Bonchev–Trinajstić information content (AvgIpc) is 2.88. The Morgan fingerprint density at radius 2 is 2.33 bits per heavy atom. The highest BCUT2D eigenvalue weighted by Crippen LogP contribution is 2.37. The van der Waals surface area contributed by atoms with Gasteiger partial charge in [-0.2, -0.15) is 5.10 Å². The van der Waals surface area contributed by atoms with Gasteiger partial charge in [0, 0.05) is 17.5 Å². The molecule has 94 valence electrons. The molecule has 18 heavy (non-hydrogen) atoms. The van der Waals surface area contributed by atoms with E-state index in [0.717, 1.165) is 5.69 Å². The number of nitrogens with zero attached hydrogens (tertiary/aromatic N) is 2. The lowest BCUT2D eigenvalue weighted by Gasteiger charge is -2.22. The molecule has 2 amide bonds. The highest BCUT2D eigenvalue weighted by molar-refractivity contribution is 7.13. The molecule has 1 aliphatic carbocycles. The zero-order valence-corrected chi connectivity index (χ0v) is 10.5. The smallest absolute Gasteiger partial charge is 0.305 e. The van der Waals surface area contributed by atoms with Crippen molar-refractivity contribution in [3.63, 3.8) is 0 Å². The molecular formula is C11H13N5OS. The number of hydrogen-bond acceptors (Lipinski definition) is 4. The van der Waals surface area contributed by atoms with Gasteiger partial charge in [-0.15, -0.1) is 11.3 Å². The fourth-order valence-corrected chi connectivity index (χ4v) is 2.60. The van der Waals surface area contributed by atoms with Crippen molar-refractivity contribution in [3.05, 3.63) is 23.5 Å². The van der Waals surface area contributed by atoms with Crippen LogP contribution in [0.3, 0.4) is 0 Å². The number of carbonyl (C=O) groups excluding carboxylic acids is 1. The van der Waals surface area contributed by atoms with Gasteiger partial charge < -0.3 is 5.32 Å². The van der Waals surface area contributed by atoms with Crippen molar-refractivity contribution in [2.45, 2.75) is 25.2 Å². The largest absolute Gasteiger partial charge is 0.325 e. The van der Waals surface area contributed by atoms with E-state index in [1.54, 1.807) is 12.4 Å². The summed E-state index contributed by atoms with van der Waals surface area (Å²) in [5.41, 5.74) is 1.73. The lowest BCUT2D eigenvalue weighted by molar-refractivity contribution is 0.262. The molecule has 7 heteroatoms. The summed E-state index contributed by atoms with van der Waals surface area (Å²) in [6.45, 7) is 0. The van der Waals surface area contributed by atoms with Crippen LogP contribution in [-0.2, 0) is 0 Å². The first-order chi connectivity index (χ1) is 8.81. The third-order valence-electron chi connectivity index (χ3n) is 3.02. The molecule has 2 aromatic rings. The Balaban J connectivity index is 1.58. The number of aromatic amines is 1. The Bertz CT molecular complexity index is 531. The van der Waals surface area contributed by atoms with Crippen molar-refractivity contribution >= 4 is 28.2 Å². The Morgan fingerprint density at radius 1 is 1.44 bits per heavy atom. The van der Waals surface area contributed by atoms with Gasteiger partial charge in [0.05, 0.1) is 17.6 Å². The predicted octanol–water partition coefficient (Wildman–Crippen LogP) is 2.78. The number of carbonyl (C=O) groups is 1. The maximum Gasteiger partial charge on any atom is 0.325 e. The van der Waals surface area contributed by atoms with Gasteiger partial charge in [0.25, 0.3) is 0 Å². The molecule has 0 aliphatic heterocycles. The Hall–Kier alpha value is -1.89. The van der Waals surface area contributed by atoms with E-state index in [2.05, 4.69) is 25.8 Å². The summed E-state index contributed by atoms with van der Waals surface area (Å²) in [4.78, 5) is 16.1. The van der Waals surface area contributed by atoms with E-state index in [1.165, 1.54) is 30.6 Å². The first-order valence-electron chi connectivity index (χ1n) is 5.83. The molecule has 0 unspecified atom stereocenters. The third kappa shape index (κ3) is 2.35. The summed E-state index contributed by atoms with van der Waals surface area (Å²) in [5.74, 6) is 0.591. The summed E-state index contributed by atoms with van der Waals surface area (Å²) < 4.78 is 0. The van der Waals surface area contributed by atoms with E-state index in [-0.39, 0.29) is 6.03 Å². The van der Waals surface area contributed by atoms with E-state index in [4.69, 9.17) is 0 Å². The predicted molar refractivity (Wildman–Crippen MR) is 69.9 cm³/mol. The van der Waals surface area contributed by atoms with Gasteiger partial charge in [-0.3, -0.25) is 10.4 Å². The minimum Gasteiger partial charge on any atom is -0.305 e. The molecule has 0 atom stereocenters. The molecule has 6 nitrogen and oxygen atoms in total. The van der Waals surface area contributed by atoms with Gasteiger partial charge in [0.1, 0.15) is 0 Å². The number of thiazole rings is 1. The minimum atomic E-state index is -0.300. The molecule has 0 aromatic carbocycles. The maximum atomic E-state index is 11.6. The number of amides is 2. The molecule has 1 fully saturated rings. The van der Waals surface area contributed by atoms with Gasteiger partial charge in [-0.1, -0.05) is 6.42 Å². The molecule has 2 aromatic heterocycles. The van der Waals surface area contributed by atoms with Crippen LogP contribution in [0.5, 0.6) is 0 Å². The van der Waals surface area contributed by atoms with E-state index < -0.39 is 0 Å². The number of H-pyrrole nitrogens is 1. The SMILES string of the molecule is O=C(Nc1cn[nH]c1)Nc1nc(C2CCC2)cs1. The van der Waals surface area contributed by atoms with Gasteiger partial charge in [0.2, 0.25) is 0 Å². The maximum absolute atomic E-state index is 11.6. The van der Waals surface area contributed by atoms with Crippen LogP contribution in [0.25, 0.3) is 0 Å². The average molecular weight is 263 g/mol. The van der Waals surface area contributed by atoms with Crippen molar-refractivity contribution < 1.29 is 4.79 Å². The zero-order chi connectivity index (χ0) is 12.4. The molecule has 2 heterocycles. The standard InChI is InChI=1S/C11H13N5OS/c17-10(14-8-4-12-13-5-8)16-11-15-9(6-18-11)7-2-1-3-7/h4-7H,1-3H2,(H,12,13)(H2,14,15,16,17). The molecule has 1 saturated carbocycles. The first-order valence-corrected chi connectivity index (χ1v) is 6.71. The number of hydrogen-bond donors (Lipinski definition) is 3. The van der Waals surface area contributed by atoms with Crippen LogP contribution in [0, 0.1) is 0 Å². The van der Waals surface area contributed by atoms with E-state index in [0.29, 0.717) is 16.7 Å². The lowest BCUT2D eigenvalue weighted by atomic mass is 9.83. The Labute approximate surface area is 108 Å². The van der Waals surface area contributed by atoms with E-state index in [1.807, 2.05) is 5.38 Å². The fraction of sp³-hybridized carbons (Fsp3) is 0.364. The number of rotatable bonds is 3. The molecule has 0 radical (unpaired) electrons. The highest BCUT2D eigenvalue weighted by atomic mass is 32.1. The van der Waals surface area contributed by atoms with Crippen LogP contribution in [0.4, 0.5) is 15.6 Å². The zero-order valence-electron chi connectivity index (χ0n) is 9.64. The number of anilines is 2. The summed E-state index contributed by atoms with van der Waals surface area (Å²) in [6.07, 6.45) is 6.86. The first kappa shape index (κ1) is 11.2. The summed E-state index contributed by atoms with van der Waals surface area (Å²) >= 11 is 1.46. The molecular weight excluding hydrogens is 250 g/mol. The van der Waals surface area contributed by atoms with Crippen molar-refractivity contribution in [3.8, 4) is 0 Å². The van der Waals surface area contributed by atoms with Gasteiger partial charge >= 0.3 is 6.03 Å². The summed E-state index contributed by atoms with van der Waals surface area (Å²) in [5, 5.41) is 14.4. The van der Waals surface area contributed by atoms with Crippen LogP contribution < -0.4 is 10.6 Å². The topological polar surface area (TPSA) is 82.7 Å². The number of aromatic nitrogens is 3. The highest BCUT2D eigenvalue weighted by Gasteiger charge is 2.22. The second-order valence-corrected chi connectivity index (χ2v) is 5.13. The number of urea groups is 1. The van der Waals surface area contributed by atoms with Crippen LogP contribution >= 0.6 is 11.3 Å². The van der Waals surface area contributed by atoms with E-state index in [9.17, 15) is 4.79 Å². The number of nitrogens with one attached hydrogen (secondary N) is 3. The summed E-state index contributed by atoms with van der Waals surface area (Å²) in [7, 11) is 0. The van der Waals surface area contributed by atoms with Crippen molar-refractivity contribution in [1.29, 1.82) is 0 Å². The minimum absolute atomic E-state index is 0.300. The molecule has 0 saturated heterocycles. The van der Waals surface area contributed by atoms with Crippen molar-refractivity contribution in [2.24, 2.45) is 0 Å². The van der Waals surface area contributed by atoms with Crippen molar-refractivity contribution in [2.75, 3.05) is 10.6 Å². The second kappa shape index (κ2) is 4.77. The van der Waals surface area contributed by atoms with Crippen molar-refractivity contribution in [1.82, 2.24) is 15.2 Å². The van der Waals surface area contributed by atoms with Gasteiger partial charge in [-0.25, -0.2) is 9.78 Å². The summed E-state index contributed by atoms with van der Waals surface area (Å²) in [6, 6.07) is -0.300.